The van der Waals surface area contributed by atoms with Crippen LogP contribution in [-0.4, -0.2) is 19.6 Å². The number of thiophene rings is 1. The number of benzene rings is 1. The van der Waals surface area contributed by atoms with Crippen molar-refractivity contribution in [3.63, 3.8) is 0 Å². The smallest absolute Gasteiger partial charge is 0.191 e. The van der Waals surface area contributed by atoms with E-state index in [4.69, 9.17) is 4.74 Å². The molecular weight excluding hydrogens is 362 g/mol. The van der Waals surface area contributed by atoms with Crippen LogP contribution in [0, 0.1) is 0 Å². The van der Waals surface area contributed by atoms with Crippen molar-refractivity contribution in [2.75, 3.05) is 13.7 Å². The van der Waals surface area contributed by atoms with Gasteiger partial charge in [-0.3, -0.25) is 0 Å². The summed E-state index contributed by atoms with van der Waals surface area (Å²) in [7, 11) is 1.68. The molecule has 0 spiro atoms. The van der Waals surface area contributed by atoms with Crippen LogP contribution in [0.25, 0.3) is 0 Å². The number of hydrogen-bond donors (Lipinski definition) is 2. The summed E-state index contributed by atoms with van der Waals surface area (Å²) in [4.78, 5) is 5.88. The fourth-order valence-electron chi connectivity index (χ4n) is 1.96. The van der Waals surface area contributed by atoms with E-state index < -0.39 is 0 Å². The molecule has 4 nitrogen and oxygen atoms in total. The molecule has 118 valence electrons. The molecule has 1 heterocycles. The van der Waals surface area contributed by atoms with E-state index in [2.05, 4.69) is 49.9 Å². The van der Waals surface area contributed by atoms with Crippen molar-refractivity contribution in [3.05, 3.63) is 50.6 Å². The average molecular weight is 382 g/mol. The van der Waals surface area contributed by atoms with Crippen molar-refractivity contribution in [2.45, 2.75) is 20.0 Å². The molecule has 0 aliphatic carbocycles. The van der Waals surface area contributed by atoms with Crippen molar-refractivity contribution < 1.29 is 4.74 Å². The minimum Gasteiger partial charge on any atom is -0.496 e. The minimum absolute atomic E-state index is 0.577. The third-order valence-electron chi connectivity index (χ3n) is 3.00. The summed E-state index contributed by atoms with van der Waals surface area (Å²) in [6.07, 6.45) is 0. The van der Waals surface area contributed by atoms with Crippen LogP contribution in [0.1, 0.15) is 17.4 Å². The standard InChI is InChI=1S/C16H20BrN3OS/c1-3-18-16(20-10-14-8-13(17)11-22-14)19-9-12-6-4-5-7-15(12)21-2/h4-8,11H,3,9-10H2,1-2H3,(H2,18,19,20). The number of rotatable bonds is 6. The third-order valence-corrected chi connectivity index (χ3v) is 4.69. The maximum atomic E-state index is 5.36. The Labute approximate surface area is 143 Å². The highest BCUT2D eigenvalue weighted by atomic mass is 79.9. The van der Waals surface area contributed by atoms with E-state index in [-0.39, 0.29) is 0 Å². The van der Waals surface area contributed by atoms with Gasteiger partial charge in [0, 0.05) is 26.8 Å². The fraction of sp³-hybridized carbons (Fsp3) is 0.312. The predicted molar refractivity (Wildman–Crippen MR) is 96.7 cm³/mol. The van der Waals surface area contributed by atoms with E-state index in [1.807, 2.05) is 24.3 Å². The highest BCUT2D eigenvalue weighted by molar-refractivity contribution is 9.10. The molecule has 1 aromatic heterocycles. The van der Waals surface area contributed by atoms with Crippen LogP contribution in [0.5, 0.6) is 5.75 Å². The van der Waals surface area contributed by atoms with Crippen LogP contribution in [0.2, 0.25) is 0 Å². The van der Waals surface area contributed by atoms with Gasteiger partial charge in [-0.25, -0.2) is 4.99 Å². The first-order chi connectivity index (χ1) is 10.7. The molecule has 0 saturated carbocycles. The Kier molecular flexibility index (Phi) is 6.74. The van der Waals surface area contributed by atoms with E-state index in [1.54, 1.807) is 18.4 Å². The van der Waals surface area contributed by atoms with Gasteiger partial charge in [-0.1, -0.05) is 18.2 Å². The Hall–Kier alpha value is -1.53. The zero-order valence-corrected chi connectivity index (χ0v) is 15.1. The molecule has 22 heavy (non-hydrogen) atoms. The maximum absolute atomic E-state index is 5.36. The molecule has 0 fully saturated rings. The molecule has 2 N–H and O–H groups in total. The molecule has 2 aromatic rings. The van der Waals surface area contributed by atoms with Crippen LogP contribution in [0.3, 0.4) is 0 Å². The Morgan fingerprint density at radius 2 is 2.14 bits per heavy atom. The van der Waals surface area contributed by atoms with Crippen LogP contribution < -0.4 is 15.4 Å². The molecule has 0 aliphatic heterocycles. The summed E-state index contributed by atoms with van der Waals surface area (Å²) in [5.74, 6) is 1.67. The molecule has 1 aromatic carbocycles. The normalized spacial score (nSPS) is 11.3. The molecule has 0 radical (unpaired) electrons. The number of aliphatic imine (C=N–C) groups is 1. The first-order valence-corrected chi connectivity index (χ1v) is 8.77. The topological polar surface area (TPSA) is 45.7 Å². The lowest BCUT2D eigenvalue weighted by molar-refractivity contribution is 0.410. The number of para-hydroxylation sites is 1. The average Bonchev–Trinajstić information content (AvgIpc) is 2.96. The van der Waals surface area contributed by atoms with Gasteiger partial charge in [-0.2, -0.15) is 0 Å². The highest BCUT2D eigenvalue weighted by Crippen LogP contribution is 2.19. The molecule has 0 unspecified atom stereocenters. The van der Waals surface area contributed by atoms with Crippen molar-refractivity contribution in [1.29, 1.82) is 0 Å². The molecule has 0 atom stereocenters. The van der Waals surface area contributed by atoms with Gasteiger partial charge in [-0.15, -0.1) is 11.3 Å². The summed E-state index contributed by atoms with van der Waals surface area (Å²) in [5, 5.41) is 8.68. The van der Waals surface area contributed by atoms with Gasteiger partial charge in [0.1, 0.15) is 5.75 Å². The van der Waals surface area contributed by atoms with E-state index >= 15 is 0 Å². The minimum atomic E-state index is 0.577. The number of ether oxygens (including phenoxy) is 1. The van der Waals surface area contributed by atoms with Gasteiger partial charge < -0.3 is 15.4 Å². The number of nitrogens with one attached hydrogen (secondary N) is 2. The van der Waals surface area contributed by atoms with Crippen LogP contribution in [0.15, 0.2) is 45.2 Å². The first-order valence-electron chi connectivity index (χ1n) is 7.10. The second kappa shape index (κ2) is 8.80. The summed E-state index contributed by atoms with van der Waals surface area (Å²) in [6.45, 7) is 4.22. The van der Waals surface area contributed by atoms with Gasteiger partial charge in [0.05, 0.1) is 20.2 Å². The number of hydrogen-bond acceptors (Lipinski definition) is 3. The fourth-order valence-corrected chi connectivity index (χ4v) is 3.35. The van der Waals surface area contributed by atoms with E-state index in [1.165, 1.54) is 4.88 Å². The quantitative estimate of drug-likeness (QED) is 0.591. The maximum Gasteiger partial charge on any atom is 0.191 e. The van der Waals surface area contributed by atoms with E-state index in [0.29, 0.717) is 6.54 Å². The Morgan fingerprint density at radius 1 is 1.32 bits per heavy atom. The van der Waals surface area contributed by atoms with Crippen molar-refractivity contribution in [3.8, 4) is 5.75 Å². The molecule has 0 saturated heterocycles. The lowest BCUT2D eigenvalue weighted by Gasteiger charge is -2.11. The number of methoxy groups -OCH3 is 1. The van der Waals surface area contributed by atoms with Crippen LogP contribution in [-0.2, 0) is 13.1 Å². The zero-order valence-electron chi connectivity index (χ0n) is 12.7. The largest absolute Gasteiger partial charge is 0.496 e. The summed E-state index contributed by atoms with van der Waals surface area (Å²) >= 11 is 5.19. The number of nitrogens with zero attached hydrogens (tertiary/aromatic N) is 1. The van der Waals surface area contributed by atoms with Gasteiger partial charge >= 0.3 is 0 Å². The van der Waals surface area contributed by atoms with Gasteiger partial charge in [0.25, 0.3) is 0 Å². The Bertz CT molecular complexity index is 627. The summed E-state index contributed by atoms with van der Waals surface area (Å²) in [5.41, 5.74) is 1.07. The molecule has 0 aliphatic rings. The predicted octanol–water partition coefficient (Wildman–Crippen LogP) is 3.77. The number of guanidine groups is 1. The van der Waals surface area contributed by atoms with Crippen LogP contribution in [0.4, 0.5) is 0 Å². The zero-order chi connectivity index (χ0) is 15.8. The van der Waals surface area contributed by atoms with Crippen LogP contribution >= 0.6 is 27.3 Å². The lowest BCUT2D eigenvalue weighted by Crippen LogP contribution is -2.36. The third kappa shape index (κ3) is 5.03. The second-order valence-electron chi connectivity index (χ2n) is 4.59. The SMILES string of the molecule is CCNC(=NCc1ccccc1OC)NCc1cc(Br)cs1. The van der Waals surface area contributed by atoms with Crippen molar-refractivity contribution >= 4 is 33.2 Å². The van der Waals surface area contributed by atoms with Crippen molar-refractivity contribution in [2.24, 2.45) is 4.99 Å². The molecular formula is C16H20BrN3OS. The molecule has 0 amide bonds. The molecule has 0 bridgehead atoms. The Morgan fingerprint density at radius 3 is 2.82 bits per heavy atom. The van der Waals surface area contributed by atoms with Gasteiger partial charge in [-0.05, 0) is 35.0 Å². The first kappa shape index (κ1) is 16.8. The summed E-state index contributed by atoms with van der Waals surface area (Å²) < 4.78 is 6.47. The molecule has 2 rings (SSSR count). The molecule has 6 heteroatoms. The van der Waals surface area contributed by atoms with Gasteiger partial charge in [0.2, 0.25) is 0 Å². The monoisotopic (exact) mass is 381 g/mol. The highest BCUT2D eigenvalue weighted by Gasteiger charge is 2.03. The Balaban J connectivity index is 2.00. The van der Waals surface area contributed by atoms with E-state index in [0.717, 1.165) is 34.8 Å². The van der Waals surface area contributed by atoms with Crippen molar-refractivity contribution in [1.82, 2.24) is 10.6 Å². The number of halogens is 1. The van der Waals surface area contributed by atoms with Gasteiger partial charge in [0.15, 0.2) is 5.96 Å². The summed E-state index contributed by atoms with van der Waals surface area (Å²) in [6, 6.07) is 10.1. The second-order valence-corrected chi connectivity index (χ2v) is 6.50. The lowest BCUT2D eigenvalue weighted by atomic mass is 10.2. The van der Waals surface area contributed by atoms with E-state index in [9.17, 15) is 0 Å².